The van der Waals surface area contributed by atoms with Crippen molar-refractivity contribution in [3.05, 3.63) is 27.2 Å². The average molecular weight is 303 g/mol. The third-order valence-corrected chi connectivity index (χ3v) is 5.65. The summed E-state index contributed by atoms with van der Waals surface area (Å²) in [5.41, 5.74) is 1.37. The number of nitrogens with one attached hydrogen (secondary N) is 1. The first-order chi connectivity index (χ1) is 10.3. The second kappa shape index (κ2) is 5.50. The Kier molecular flexibility index (Phi) is 3.51. The number of H-pyrrole nitrogens is 1. The minimum Gasteiger partial charge on any atom is -0.287 e. The summed E-state index contributed by atoms with van der Waals surface area (Å²) in [4.78, 5) is 13.4. The van der Waals surface area contributed by atoms with Gasteiger partial charge in [0.1, 0.15) is 10.8 Å². The van der Waals surface area contributed by atoms with Crippen molar-refractivity contribution in [2.24, 2.45) is 0 Å². The van der Waals surface area contributed by atoms with Crippen molar-refractivity contribution in [1.82, 2.24) is 25.1 Å². The van der Waals surface area contributed by atoms with E-state index in [2.05, 4.69) is 20.1 Å². The summed E-state index contributed by atoms with van der Waals surface area (Å²) in [6.07, 6.45) is 7.42. The molecule has 0 aromatic carbocycles. The van der Waals surface area contributed by atoms with Crippen molar-refractivity contribution in [1.29, 1.82) is 0 Å². The molecule has 4 rings (SSSR count). The Morgan fingerprint density at radius 2 is 2.14 bits per heavy atom. The Morgan fingerprint density at radius 1 is 1.24 bits per heavy atom. The number of nitrogens with zero attached hydrogens (tertiary/aromatic N) is 4. The molecule has 1 saturated heterocycles. The van der Waals surface area contributed by atoms with E-state index in [-0.39, 0.29) is 0 Å². The summed E-state index contributed by atoms with van der Waals surface area (Å²) in [6, 6.07) is 0.357. The first-order valence-electron chi connectivity index (χ1n) is 7.90. The van der Waals surface area contributed by atoms with E-state index in [4.69, 9.17) is 4.98 Å². The van der Waals surface area contributed by atoms with Crippen LogP contribution in [-0.4, -0.2) is 31.6 Å². The molecule has 1 fully saturated rings. The molecule has 3 heterocycles. The van der Waals surface area contributed by atoms with E-state index >= 15 is 0 Å². The van der Waals surface area contributed by atoms with Crippen LogP contribution < -0.4 is 0 Å². The second-order valence-electron chi connectivity index (χ2n) is 6.09. The monoisotopic (exact) mass is 303 g/mol. The molecule has 21 heavy (non-hydrogen) atoms. The molecule has 1 aliphatic carbocycles. The molecule has 1 aliphatic heterocycles. The zero-order chi connectivity index (χ0) is 14.2. The third kappa shape index (κ3) is 2.62. The molecular formula is C15H21N5S. The van der Waals surface area contributed by atoms with Gasteiger partial charge in [-0.15, -0.1) is 11.3 Å². The van der Waals surface area contributed by atoms with Crippen molar-refractivity contribution < 1.29 is 0 Å². The van der Waals surface area contributed by atoms with Gasteiger partial charge < -0.3 is 0 Å². The van der Waals surface area contributed by atoms with Crippen LogP contribution in [0.1, 0.15) is 59.0 Å². The van der Waals surface area contributed by atoms with Crippen LogP contribution in [0.4, 0.5) is 0 Å². The molecule has 2 aromatic rings. The lowest BCUT2D eigenvalue weighted by Crippen LogP contribution is -2.23. The van der Waals surface area contributed by atoms with Crippen LogP contribution in [0.3, 0.4) is 0 Å². The van der Waals surface area contributed by atoms with Gasteiger partial charge in [-0.2, -0.15) is 5.10 Å². The van der Waals surface area contributed by atoms with E-state index in [1.807, 2.05) is 18.3 Å². The van der Waals surface area contributed by atoms with Crippen LogP contribution in [-0.2, 0) is 19.4 Å². The number of thiazole rings is 1. The SMILES string of the molecule is Cc1nc(C2CCCN2Cc2nc3c(s2)CCCC3)n[nH]1. The summed E-state index contributed by atoms with van der Waals surface area (Å²) < 4.78 is 0. The van der Waals surface area contributed by atoms with Crippen LogP contribution in [0, 0.1) is 6.92 Å². The molecule has 1 atom stereocenters. The van der Waals surface area contributed by atoms with E-state index in [0.717, 1.165) is 31.2 Å². The van der Waals surface area contributed by atoms with Crippen LogP contribution in [0.15, 0.2) is 0 Å². The molecule has 2 aliphatic rings. The van der Waals surface area contributed by atoms with E-state index in [0.29, 0.717) is 6.04 Å². The molecule has 0 amide bonds. The molecule has 2 aromatic heterocycles. The van der Waals surface area contributed by atoms with E-state index in [1.165, 1.54) is 47.7 Å². The van der Waals surface area contributed by atoms with Crippen molar-refractivity contribution in [2.45, 2.75) is 58.0 Å². The molecular weight excluding hydrogens is 282 g/mol. The lowest BCUT2D eigenvalue weighted by molar-refractivity contribution is 0.239. The molecule has 1 unspecified atom stereocenters. The Balaban J connectivity index is 1.51. The fourth-order valence-corrected chi connectivity index (χ4v) is 4.65. The molecule has 6 heteroatoms. The van der Waals surface area contributed by atoms with Crippen LogP contribution in [0.2, 0.25) is 0 Å². The van der Waals surface area contributed by atoms with Gasteiger partial charge in [-0.1, -0.05) is 0 Å². The maximum atomic E-state index is 4.88. The highest BCUT2D eigenvalue weighted by atomic mass is 32.1. The summed E-state index contributed by atoms with van der Waals surface area (Å²) in [7, 11) is 0. The predicted molar refractivity (Wildman–Crippen MR) is 82.3 cm³/mol. The van der Waals surface area contributed by atoms with Gasteiger partial charge in [0.05, 0.1) is 18.3 Å². The van der Waals surface area contributed by atoms with Crippen LogP contribution in [0.25, 0.3) is 0 Å². The average Bonchev–Trinajstić information content (AvgIpc) is 3.17. The number of hydrogen-bond donors (Lipinski definition) is 1. The molecule has 0 bridgehead atoms. The fourth-order valence-electron chi connectivity index (χ4n) is 3.46. The van der Waals surface area contributed by atoms with Gasteiger partial charge in [-0.05, 0) is 52.0 Å². The summed E-state index contributed by atoms with van der Waals surface area (Å²) in [5.74, 6) is 1.85. The number of likely N-dealkylation sites (tertiary alicyclic amines) is 1. The van der Waals surface area contributed by atoms with Crippen molar-refractivity contribution in [3.8, 4) is 0 Å². The van der Waals surface area contributed by atoms with Gasteiger partial charge in [0, 0.05) is 4.88 Å². The highest BCUT2D eigenvalue weighted by Gasteiger charge is 2.30. The Hall–Kier alpha value is -1.27. The van der Waals surface area contributed by atoms with Gasteiger partial charge in [-0.3, -0.25) is 10.00 Å². The molecule has 0 saturated carbocycles. The first kappa shape index (κ1) is 13.4. The van der Waals surface area contributed by atoms with Gasteiger partial charge in [0.2, 0.25) is 0 Å². The van der Waals surface area contributed by atoms with Crippen LogP contribution in [0.5, 0.6) is 0 Å². The van der Waals surface area contributed by atoms with E-state index in [9.17, 15) is 0 Å². The van der Waals surface area contributed by atoms with Gasteiger partial charge >= 0.3 is 0 Å². The smallest absolute Gasteiger partial charge is 0.167 e. The number of hydrogen-bond acceptors (Lipinski definition) is 5. The number of aromatic amines is 1. The molecule has 0 radical (unpaired) electrons. The molecule has 0 spiro atoms. The normalized spacial score (nSPS) is 22.6. The number of aromatic nitrogens is 4. The molecule has 1 N–H and O–H groups in total. The lowest BCUT2D eigenvalue weighted by atomic mass is 10.0. The van der Waals surface area contributed by atoms with Gasteiger partial charge in [-0.25, -0.2) is 9.97 Å². The topological polar surface area (TPSA) is 57.7 Å². The summed E-state index contributed by atoms with van der Waals surface area (Å²) in [6.45, 7) is 4.04. The highest BCUT2D eigenvalue weighted by molar-refractivity contribution is 7.11. The maximum absolute atomic E-state index is 4.88. The lowest BCUT2D eigenvalue weighted by Gasteiger charge is -2.20. The van der Waals surface area contributed by atoms with E-state index in [1.54, 1.807) is 0 Å². The highest BCUT2D eigenvalue weighted by Crippen LogP contribution is 2.33. The van der Waals surface area contributed by atoms with Crippen molar-refractivity contribution in [3.63, 3.8) is 0 Å². The van der Waals surface area contributed by atoms with Crippen molar-refractivity contribution >= 4 is 11.3 Å². The Morgan fingerprint density at radius 3 is 2.95 bits per heavy atom. The number of fused-ring (bicyclic) bond motifs is 1. The quantitative estimate of drug-likeness (QED) is 0.947. The summed E-state index contributed by atoms with van der Waals surface area (Å²) >= 11 is 1.92. The van der Waals surface area contributed by atoms with Crippen molar-refractivity contribution in [2.75, 3.05) is 6.54 Å². The number of aryl methyl sites for hydroxylation is 3. The second-order valence-corrected chi connectivity index (χ2v) is 7.26. The molecule has 112 valence electrons. The predicted octanol–water partition coefficient (Wildman–Crippen LogP) is 2.79. The molecule has 5 nitrogen and oxygen atoms in total. The zero-order valence-corrected chi connectivity index (χ0v) is 13.2. The van der Waals surface area contributed by atoms with Crippen LogP contribution >= 0.6 is 11.3 Å². The van der Waals surface area contributed by atoms with Gasteiger partial charge in [0.25, 0.3) is 0 Å². The van der Waals surface area contributed by atoms with E-state index < -0.39 is 0 Å². The maximum Gasteiger partial charge on any atom is 0.167 e. The first-order valence-corrected chi connectivity index (χ1v) is 8.71. The third-order valence-electron chi connectivity index (χ3n) is 4.50. The minimum absolute atomic E-state index is 0.357. The Labute approximate surface area is 128 Å². The Bertz CT molecular complexity index is 608. The minimum atomic E-state index is 0.357. The fraction of sp³-hybridized carbons (Fsp3) is 0.667. The largest absolute Gasteiger partial charge is 0.287 e. The zero-order valence-electron chi connectivity index (χ0n) is 12.4. The number of rotatable bonds is 3. The summed E-state index contributed by atoms with van der Waals surface area (Å²) in [5, 5.41) is 8.61. The van der Waals surface area contributed by atoms with Gasteiger partial charge in [0.15, 0.2) is 5.82 Å². The standard InChI is InChI=1S/C15H21N5S/c1-10-16-15(19-18-10)12-6-4-8-20(12)9-14-17-11-5-2-3-7-13(11)21-14/h12H,2-9H2,1H3,(H,16,18,19).